The Morgan fingerprint density at radius 3 is 2.42 bits per heavy atom. The Bertz CT molecular complexity index is 1170. The van der Waals surface area contributed by atoms with Crippen LogP contribution in [-0.2, 0) is 26.2 Å². The predicted octanol–water partition coefficient (Wildman–Crippen LogP) is 5.15. The van der Waals surface area contributed by atoms with Gasteiger partial charge >= 0.3 is 0 Å². The number of aryl methyl sites for hydroxylation is 1. The number of hydrogen-bond acceptors (Lipinski definition) is 4. The molecule has 2 amide bonds. The lowest BCUT2D eigenvalue weighted by molar-refractivity contribution is -0.140. The summed E-state index contributed by atoms with van der Waals surface area (Å²) in [6.07, 6.45) is 1.50. The molecule has 0 fully saturated rings. The van der Waals surface area contributed by atoms with Crippen LogP contribution in [0.1, 0.15) is 44.7 Å². The molecule has 7 nitrogen and oxygen atoms in total. The van der Waals surface area contributed by atoms with Crippen LogP contribution < -0.4 is 9.62 Å². The van der Waals surface area contributed by atoms with Crippen molar-refractivity contribution in [2.45, 2.75) is 53.1 Å². The molecule has 0 saturated heterocycles. The van der Waals surface area contributed by atoms with Crippen LogP contribution in [0.3, 0.4) is 0 Å². The van der Waals surface area contributed by atoms with Crippen molar-refractivity contribution in [3.63, 3.8) is 0 Å². The fourth-order valence-electron chi connectivity index (χ4n) is 3.70. The van der Waals surface area contributed by atoms with Gasteiger partial charge in [-0.15, -0.1) is 0 Å². The summed E-state index contributed by atoms with van der Waals surface area (Å²) in [5.74, 6) is -0.162. The topological polar surface area (TPSA) is 86.8 Å². The highest BCUT2D eigenvalue weighted by Gasteiger charge is 2.27. The van der Waals surface area contributed by atoms with E-state index < -0.39 is 16.1 Å². The molecule has 0 bridgehead atoms. The van der Waals surface area contributed by atoms with E-state index in [9.17, 15) is 18.0 Å². The van der Waals surface area contributed by atoms with Gasteiger partial charge in [-0.3, -0.25) is 13.9 Å². The maximum atomic E-state index is 13.4. The Morgan fingerprint density at radius 2 is 1.81 bits per heavy atom. The van der Waals surface area contributed by atoms with Gasteiger partial charge in [-0.05, 0) is 61.6 Å². The quantitative estimate of drug-likeness (QED) is 0.365. The van der Waals surface area contributed by atoms with Gasteiger partial charge in [0.2, 0.25) is 21.8 Å². The molecule has 0 heterocycles. The average molecular weight is 601 g/mol. The molecule has 0 aliphatic rings. The van der Waals surface area contributed by atoms with Crippen molar-refractivity contribution in [3.8, 4) is 0 Å². The van der Waals surface area contributed by atoms with E-state index in [0.29, 0.717) is 17.3 Å². The van der Waals surface area contributed by atoms with Gasteiger partial charge in [0.05, 0.1) is 11.9 Å². The lowest BCUT2D eigenvalue weighted by Gasteiger charge is -2.30. The first-order chi connectivity index (χ1) is 16.8. The normalized spacial score (nSPS) is 12.3. The van der Waals surface area contributed by atoms with Crippen LogP contribution in [0.25, 0.3) is 0 Å². The van der Waals surface area contributed by atoms with E-state index in [-0.39, 0.29) is 43.7 Å². The van der Waals surface area contributed by atoms with Gasteiger partial charge in [-0.2, -0.15) is 0 Å². The summed E-state index contributed by atoms with van der Waals surface area (Å²) in [4.78, 5) is 27.7. The smallest absolute Gasteiger partial charge is 0.242 e. The molecule has 0 saturated carbocycles. The van der Waals surface area contributed by atoms with Gasteiger partial charge in [-0.1, -0.05) is 59.6 Å². The Hall–Kier alpha value is -2.10. The van der Waals surface area contributed by atoms with Crippen LogP contribution >= 0.6 is 27.5 Å². The van der Waals surface area contributed by atoms with E-state index >= 15 is 0 Å². The maximum Gasteiger partial charge on any atom is 0.242 e. The minimum atomic E-state index is -3.59. The highest BCUT2D eigenvalue weighted by molar-refractivity contribution is 9.10. The summed E-state index contributed by atoms with van der Waals surface area (Å²) in [5.41, 5.74) is 2.14. The van der Waals surface area contributed by atoms with Crippen molar-refractivity contribution in [1.82, 2.24) is 10.2 Å². The van der Waals surface area contributed by atoms with Crippen LogP contribution in [0.4, 0.5) is 5.69 Å². The first-order valence-corrected chi connectivity index (χ1v) is 14.9. The summed E-state index contributed by atoms with van der Waals surface area (Å²) in [7, 11) is -3.59. The van der Waals surface area contributed by atoms with Gasteiger partial charge in [-0.25, -0.2) is 8.42 Å². The maximum absolute atomic E-state index is 13.4. The van der Waals surface area contributed by atoms with E-state index in [1.54, 1.807) is 30.0 Å². The summed E-state index contributed by atoms with van der Waals surface area (Å²) < 4.78 is 27.2. The standard InChI is InChI=1S/C26H35BrClN3O4S/c1-18(2)16-29-26(33)20(4)30(17-21-8-6-9-22(27)14-21)25(32)10-7-13-31(36(5,34)35)24-15-23(28)12-11-19(24)3/h6,8-9,11-12,14-15,18,20H,7,10,13,16-17H2,1-5H3,(H,29,33). The minimum absolute atomic E-state index is 0.0848. The molecule has 36 heavy (non-hydrogen) atoms. The van der Waals surface area contributed by atoms with Crippen molar-refractivity contribution in [1.29, 1.82) is 0 Å². The van der Waals surface area contributed by atoms with Gasteiger partial charge < -0.3 is 10.2 Å². The third kappa shape index (κ3) is 9.09. The van der Waals surface area contributed by atoms with Crippen LogP contribution in [0.2, 0.25) is 5.02 Å². The number of benzene rings is 2. The van der Waals surface area contributed by atoms with Gasteiger partial charge in [0.25, 0.3) is 0 Å². The largest absolute Gasteiger partial charge is 0.354 e. The molecule has 0 aromatic heterocycles. The zero-order valence-corrected chi connectivity index (χ0v) is 24.6. The van der Waals surface area contributed by atoms with Crippen LogP contribution in [-0.4, -0.2) is 50.5 Å². The summed E-state index contributed by atoms with van der Waals surface area (Å²) in [6, 6.07) is 12.0. The number of nitrogens with zero attached hydrogens (tertiary/aromatic N) is 2. The number of hydrogen-bond donors (Lipinski definition) is 1. The molecule has 0 radical (unpaired) electrons. The second-order valence-corrected chi connectivity index (χ2v) is 12.6. The molecule has 0 aliphatic heterocycles. The number of rotatable bonds is 12. The van der Waals surface area contributed by atoms with E-state index in [1.807, 2.05) is 45.0 Å². The second-order valence-electron chi connectivity index (χ2n) is 9.34. The average Bonchev–Trinajstić information content (AvgIpc) is 2.79. The van der Waals surface area contributed by atoms with Crippen molar-refractivity contribution in [3.05, 3.63) is 63.1 Å². The zero-order chi connectivity index (χ0) is 27.0. The molecular formula is C26H35BrClN3O4S. The molecule has 0 aliphatic carbocycles. The molecule has 198 valence electrons. The van der Waals surface area contributed by atoms with E-state index in [2.05, 4.69) is 21.2 Å². The summed E-state index contributed by atoms with van der Waals surface area (Å²) >= 11 is 9.56. The molecule has 1 N–H and O–H groups in total. The predicted molar refractivity (Wildman–Crippen MR) is 150 cm³/mol. The highest BCUT2D eigenvalue weighted by Crippen LogP contribution is 2.27. The van der Waals surface area contributed by atoms with Crippen LogP contribution in [0, 0.1) is 12.8 Å². The molecule has 2 aromatic carbocycles. The van der Waals surface area contributed by atoms with E-state index in [1.165, 1.54) is 4.31 Å². The van der Waals surface area contributed by atoms with Crippen molar-refractivity contribution in [2.24, 2.45) is 5.92 Å². The monoisotopic (exact) mass is 599 g/mol. The third-order valence-electron chi connectivity index (χ3n) is 5.69. The number of amides is 2. The molecule has 2 rings (SSSR count). The third-order valence-corrected chi connectivity index (χ3v) is 7.59. The molecule has 2 aromatic rings. The molecular weight excluding hydrogens is 566 g/mol. The fraction of sp³-hybridized carbons (Fsp3) is 0.462. The van der Waals surface area contributed by atoms with Crippen LogP contribution in [0.5, 0.6) is 0 Å². The first-order valence-electron chi connectivity index (χ1n) is 11.8. The molecule has 1 atom stereocenters. The number of nitrogens with one attached hydrogen (secondary N) is 1. The number of sulfonamides is 1. The minimum Gasteiger partial charge on any atom is -0.354 e. The number of carbonyl (C=O) groups is 2. The van der Waals surface area contributed by atoms with Gasteiger partial charge in [0.1, 0.15) is 6.04 Å². The molecule has 10 heteroatoms. The lowest BCUT2D eigenvalue weighted by atomic mass is 10.1. The Morgan fingerprint density at radius 1 is 1.11 bits per heavy atom. The molecule has 0 spiro atoms. The number of halogens is 2. The zero-order valence-electron chi connectivity index (χ0n) is 21.4. The van der Waals surface area contributed by atoms with Crippen molar-refractivity contribution in [2.75, 3.05) is 23.7 Å². The Kier molecular flexibility index (Phi) is 11.3. The Balaban J connectivity index is 2.19. The number of anilines is 1. The molecule has 1 unspecified atom stereocenters. The SMILES string of the molecule is Cc1ccc(Cl)cc1N(CCCC(=O)N(Cc1cccc(Br)c1)C(C)C(=O)NCC(C)C)S(C)(=O)=O. The summed E-state index contributed by atoms with van der Waals surface area (Å²) in [5, 5.41) is 3.33. The fourth-order valence-corrected chi connectivity index (χ4v) is 5.33. The highest BCUT2D eigenvalue weighted by atomic mass is 79.9. The van der Waals surface area contributed by atoms with E-state index in [4.69, 9.17) is 11.6 Å². The van der Waals surface area contributed by atoms with Crippen molar-refractivity contribution < 1.29 is 18.0 Å². The summed E-state index contributed by atoms with van der Waals surface area (Å²) in [6.45, 7) is 8.43. The Labute approximate surface area is 228 Å². The van der Waals surface area contributed by atoms with Gasteiger partial charge in [0, 0.05) is 35.6 Å². The lowest BCUT2D eigenvalue weighted by Crippen LogP contribution is -2.48. The van der Waals surface area contributed by atoms with E-state index in [0.717, 1.165) is 21.9 Å². The van der Waals surface area contributed by atoms with Crippen LogP contribution in [0.15, 0.2) is 46.9 Å². The van der Waals surface area contributed by atoms with Crippen molar-refractivity contribution >= 4 is 55.1 Å². The second kappa shape index (κ2) is 13.4. The first kappa shape index (κ1) is 30.1. The van der Waals surface area contributed by atoms with Gasteiger partial charge in [0.15, 0.2) is 0 Å². The number of carbonyl (C=O) groups excluding carboxylic acids is 2.